The number of ether oxygens (including phenoxy) is 1. The van der Waals surface area contributed by atoms with Crippen molar-refractivity contribution in [2.75, 3.05) is 0 Å². The van der Waals surface area contributed by atoms with Crippen molar-refractivity contribution in [3.05, 3.63) is 81.8 Å². The van der Waals surface area contributed by atoms with Crippen LogP contribution in [0.4, 0.5) is 4.79 Å². The Balaban J connectivity index is 1.91. The fraction of sp³-hybridized carbons (Fsp3) is 0.0455. The number of carbonyl (C=O) groups excluding carboxylic acids is 2. The summed E-state index contributed by atoms with van der Waals surface area (Å²) in [6, 6.07) is 20.0. The molecule has 3 rings (SSSR count). The van der Waals surface area contributed by atoms with Crippen molar-refractivity contribution in [1.29, 1.82) is 5.26 Å². The van der Waals surface area contributed by atoms with Gasteiger partial charge in [0.1, 0.15) is 24.0 Å². The molecule has 0 saturated heterocycles. The fourth-order valence-electron chi connectivity index (χ4n) is 2.82. The molecule has 7 heteroatoms. The van der Waals surface area contributed by atoms with Crippen LogP contribution in [-0.4, -0.2) is 11.9 Å². The molecular formula is C22H16BrN3O3. The summed E-state index contributed by atoms with van der Waals surface area (Å²) in [6.45, 7) is 0.305. The van der Waals surface area contributed by atoms with E-state index >= 15 is 0 Å². The number of fused-ring (bicyclic) bond motifs is 1. The third-order valence-corrected chi connectivity index (χ3v) is 4.63. The number of imide groups is 1. The summed E-state index contributed by atoms with van der Waals surface area (Å²) in [5.41, 5.74) is 6.20. The van der Waals surface area contributed by atoms with Crippen LogP contribution in [0.1, 0.15) is 11.1 Å². The maximum atomic E-state index is 12.0. The maximum absolute atomic E-state index is 12.0. The summed E-state index contributed by atoms with van der Waals surface area (Å²) in [5.74, 6) is -0.388. The lowest BCUT2D eigenvalue weighted by Gasteiger charge is -2.12. The van der Waals surface area contributed by atoms with E-state index in [2.05, 4.69) is 15.9 Å². The highest BCUT2D eigenvalue weighted by molar-refractivity contribution is 9.10. The highest BCUT2D eigenvalue weighted by Gasteiger charge is 2.13. The zero-order valence-electron chi connectivity index (χ0n) is 15.2. The topological polar surface area (TPSA) is 105 Å². The summed E-state index contributed by atoms with van der Waals surface area (Å²) in [5, 5.41) is 13.4. The largest absolute Gasteiger partial charge is 0.488 e. The highest BCUT2D eigenvalue weighted by atomic mass is 79.9. The molecule has 0 aromatic heterocycles. The van der Waals surface area contributed by atoms with E-state index in [1.165, 1.54) is 6.08 Å². The molecule has 0 fully saturated rings. The predicted molar refractivity (Wildman–Crippen MR) is 114 cm³/mol. The van der Waals surface area contributed by atoms with Crippen LogP contribution in [0.3, 0.4) is 0 Å². The minimum atomic E-state index is -1.03. The summed E-state index contributed by atoms with van der Waals surface area (Å²) in [6.07, 6.45) is 1.35. The van der Waals surface area contributed by atoms with E-state index in [0.717, 1.165) is 20.8 Å². The van der Waals surface area contributed by atoms with Gasteiger partial charge in [-0.2, -0.15) is 5.26 Å². The average molecular weight is 450 g/mol. The number of rotatable bonds is 5. The van der Waals surface area contributed by atoms with Gasteiger partial charge in [-0.25, -0.2) is 4.79 Å². The van der Waals surface area contributed by atoms with Gasteiger partial charge in [0, 0.05) is 10.0 Å². The van der Waals surface area contributed by atoms with Crippen LogP contribution < -0.4 is 15.8 Å². The van der Waals surface area contributed by atoms with Crippen LogP contribution in [0, 0.1) is 11.3 Å². The first-order valence-corrected chi connectivity index (χ1v) is 9.39. The molecule has 3 aromatic carbocycles. The van der Waals surface area contributed by atoms with Crippen LogP contribution in [-0.2, 0) is 11.4 Å². The number of nitrogens with one attached hydrogen (secondary N) is 1. The van der Waals surface area contributed by atoms with Crippen molar-refractivity contribution in [2.45, 2.75) is 6.61 Å². The number of urea groups is 1. The molecule has 0 aliphatic rings. The second-order valence-corrected chi connectivity index (χ2v) is 7.01. The van der Waals surface area contributed by atoms with E-state index in [1.54, 1.807) is 24.3 Å². The van der Waals surface area contributed by atoms with Crippen LogP contribution in [0.25, 0.3) is 16.8 Å². The van der Waals surface area contributed by atoms with Crippen molar-refractivity contribution in [3.63, 3.8) is 0 Å². The second-order valence-electron chi connectivity index (χ2n) is 6.10. The Hall–Kier alpha value is -3.63. The summed E-state index contributed by atoms with van der Waals surface area (Å²) in [4.78, 5) is 22.8. The fourth-order valence-corrected chi connectivity index (χ4v) is 3.20. The van der Waals surface area contributed by atoms with Gasteiger partial charge in [-0.1, -0.05) is 58.4 Å². The quantitative estimate of drug-likeness (QED) is 0.447. The number of amides is 3. The number of primary amides is 1. The normalized spacial score (nSPS) is 11.0. The van der Waals surface area contributed by atoms with Gasteiger partial charge in [-0.15, -0.1) is 0 Å². The number of nitrogens with two attached hydrogens (primary N) is 1. The highest BCUT2D eigenvalue weighted by Crippen LogP contribution is 2.27. The van der Waals surface area contributed by atoms with E-state index in [0.29, 0.717) is 17.9 Å². The number of hydrogen-bond donors (Lipinski definition) is 2. The SMILES string of the molecule is N#C/C(=C/c1cc(Br)ccc1OCc1cccc2ccccc12)C(=O)NC(N)=O. The minimum absolute atomic E-state index is 0.267. The summed E-state index contributed by atoms with van der Waals surface area (Å²) in [7, 11) is 0. The van der Waals surface area contributed by atoms with Crippen molar-refractivity contribution >= 4 is 44.7 Å². The molecule has 3 N–H and O–H groups in total. The van der Waals surface area contributed by atoms with Gasteiger partial charge in [0.15, 0.2) is 0 Å². The third kappa shape index (κ3) is 5.00. The number of halogens is 1. The first kappa shape index (κ1) is 20.1. The Labute approximate surface area is 175 Å². The molecule has 0 atom stereocenters. The molecule has 0 aliphatic carbocycles. The lowest BCUT2D eigenvalue weighted by Crippen LogP contribution is -2.35. The van der Waals surface area contributed by atoms with Crippen LogP contribution >= 0.6 is 15.9 Å². The Bertz CT molecular complexity index is 1160. The lowest BCUT2D eigenvalue weighted by molar-refractivity contribution is -0.115. The first-order chi connectivity index (χ1) is 14.0. The van der Waals surface area contributed by atoms with Gasteiger partial charge < -0.3 is 10.5 Å². The molecule has 3 aromatic rings. The molecule has 0 radical (unpaired) electrons. The van der Waals surface area contributed by atoms with Gasteiger partial charge in [-0.3, -0.25) is 10.1 Å². The Kier molecular flexibility index (Phi) is 6.27. The van der Waals surface area contributed by atoms with Crippen molar-refractivity contribution in [2.24, 2.45) is 5.73 Å². The number of nitrogens with zero attached hydrogens (tertiary/aromatic N) is 1. The van der Waals surface area contributed by atoms with E-state index < -0.39 is 11.9 Å². The molecule has 3 amide bonds. The van der Waals surface area contributed by atoms with E-state index in [9.17, 15) is 14.9 Å². The molecule has 0 aliphatic heterocycles. The minimum Gasteiger partial charge on any atom is -0.488 e. The number of nitriles is 1. The monoisotopic (exact) mass is 449 g/mol. The molecule has 0 heterocycles. The van der Waals surface area contributed by atoms with Gasteiger partial charge in [0.25, 0.3) is 5.91 Å². The molecule has 6 nitrogen and oxygen atoms in total. The van der Waals surface area contributed by atoms with Crippen LogP contribution in [0.5, 0.6) is 5.75 Å². The third-order valence-electron chi connectivity index (χ3n) is 4.14. The van der Waals surface area contributed by atoms with E-state index in [-0.39, 0.29) is 5.57 Å². The summed E-state index contributed by atoms with van der Waals surface area (Å²) < 4.78 is 6.74. The van der Waals surface area contributed by atoms with E-state index in [1.807, 2.05) is 47.8 Å². The van der Waals surface area contributed by atoms with Gasteiger partial charge in [-0.05, 0) is 40.6 Å². The molecule has 0 spiro atoms. The van der Waals surface area contributed by atoms with Gasteiger partial charge >= 0.3 is 6.03 Å². The van der Waals surface area contributed by atoms with Crippen molar-refractivity contribution in [3.8, 4) is 11.8 Å². The Morgan fingerprint density at radius 2 is 1.90 bits per heavy atom. The summed E-state index contributed by atoms with van der Waals surface area (Å²) >= 11 is 3.37. The van der Waals surface area contributed by atoms with Crippen molar-refractivity contribution < 1.29 is 14.3 Å². The predicted octanol–water partition coefficient (Wildman–Crippen LogP) is 4.28. The second kappa shape index (κ2) is 9.04. The number of hydrogen-bond acceptors (Lipinski definition) is 4. The Morgan fingerprint density at radius 1 is 1.14 bits per heavy atom. The molecule has 144 valence electrons. The number of benzene rings is 3. The molecule has 29 heavy (non-hydrogen) atoms. The first-order valence-electron chi connectivity index (χ1n) is 8.59. The average Bonchev–Trinajstić information content (AvgIpc) is 2.70. The standard InChI is InChI=1S/C22H16BrN3O3/c23-18-8-9-20(16(11-18)10-17(12-24)21(27)26-22(25)28)29-13-15-6-3-5-14-4-1-2-7-19(14)15/h1-11H,13H2,(H3,25,26,27,28)/b17-10-. The van der Waals surface area contributed by atoms with Crippen LogP contribution in [0.2, 0.25) is 0 Å². The van der Waals surface area contributed by atoms with Gasteiger partial charge in [0.05, 0.1) is 0 Å². The lowest BCUT2D eigenvalue weighted by atomic mass is 10.1. The maximum Gasteiger partial charge on any atom is 0.319 e. The molecule has 0 unspecified atom stereocenters. The smallest absolute Gasteiger partial charge is 0.319 e. The van der Waals surface area contributed by atoms with Crippen molar-refractivity contribution in [1.82, 2.24) is 5.32 Å². The zero-order chi connectivity index (χ0) is 20.8. The molecule has 0 bridgehead atoms. The number of carbonyl (C=O) groups is 2. The van der Waals surface area contributed by atoms with Crippen LogP contribution in [0.15, 0.2) is 70.7 Å². The van der Waals surface area contributed by atoms with E-state index in [4.69, 9.17) is 10.5 Å². The molecule has 0 saturated carbocycles. The molecular weight excluding hydrogens is 434 g/mol. The zero-order valence-corrected chi connectivity index (χ0v) is 16.8. The Morgan fingerprint density at radius 3 is 2.66 bits per heavy atom. The van der Waals surface area contributed by atoms with Gasteiger partial charge in [0.2, 0.25) is 0 Å².